The van der Waals surface area contributed by atoms with Gasteiger partial charge in [0, 0.05) is 34.5 Å². The second kappa shape index (κ2) is 9.98. The Kier molecular flexibility index (Phi) is 6.89. The van der Waals surface area contributed by atoms with Gasteiger partial charge in [0.1, 0.15) is 12.4 Å². The number of benzene rings is 3. The van der Waals surface area contributed by atoms with Crippen LogP contribution in [0.25, 0.3) is 0 Å². The molecule has 0 unspecified atom stereocenters. The fraction of sp³-hybridized carbons (Fsp3) is 0.240. The molecule has 1 fully saturated rings. The summed E-state index contributed by atoms with van der Waals surface area (Å²) in [5.74, 6) is 0.364. The van der Waals surface area contributed by atoms with E-state index in [1.807, 2.05) is 61.5 Å². The zero-order valence-electron chi connectivity index (χ0n) is 17.4. The molecular formula is C25H25BrN2O3. The minimum absolute atomic E-state index is 0.190. The number of nitrogens with zero attached hydrogens (tertiary/aromatic N) is 1. The standard InChI is InChI=1S/C25H25BrN2O3/c1-18-16-20(28-12-14-30-15-13-28)10-11-23(18)27-25(29)21-7-3-5-9-24(21)31-17-19-6-2-4-8-22(19)26/h2-11,16H,12-15,17H2,1H3,(H,27,29). The van der Waals surface area contributed by atoms with Crippen molar-refractivity contribution in [2.75, 3.05) is 36.5 Å². The Morgan fingerprint density at radius 2 is 1.81 bits per heavy atom. The minimum Gasteiger partial charge on any atom is -0.488 e. The van der Waals surface area contributed by atoms with Crippen LogP contribution < -0.4 is 15.0 Å². The average molecular weight is 481 g/mol. The number of para-hydroxylation sites is 1. The van der Waals surface area contributed by atoms with Crippen LogP contribution >= 0.6 is 15.9 Å². The zero-order chi connectivity index (χ0) is 21.6. The maximum atomic E-state index is 13.0. The normalized spacial score (nSPS) is 13.7. The molecule has 3 aromatic carbocycles. The van der Waals surface area contributed by atoms with Gasteiger partial charge in [-0.1, -0.05) is 46.3 Å². The molecule has 1 aliphatic rings. The zero-order valence-corrected chi connectivity index (χ0v) is 19.0. The van der Waals surface area contributed by atoms with Crippen molar-refractivity contribution < 1.29 is 14.3 Å². The Bertz CT molecular complexity index is 1060. The minimum atomic E-state index is -0.190. The molecule has 1 heterocycles. The molecule has 5 nitrogen and oxygen atoms in total. The summed E-state index contributed by atoms with van der Waals surface area (Å²) in [6, 6.07) is 21.3. The highest BCUT2D eigenvalue weighted by Gasteiger charge is 2.16. The topological polar surface area (TPSA) is 50.8 Å². The van der Waals surface area contributed by atoms with Gasteiger partial charge < -0.3 is 19.7 Å². The van der Waals surface area contributed by atoms with Crippen molar-refractivity contribution in [1.82, 2.24) is 0 Å². The predicted molar refractivity (Wildman–Crippen MR) is 127 cm³/mol. The highest BCUT2D eigenvalue weighted by Crippen LogP contribution is 2.26. The summed E-state index contributed by atoms with van der Waals surface area (Å²) in [6.45, 7) is 5.64. The second-order valence-electron chi connectivity index (χ2n) is 7.43. The van der Waals surface area contributed by atoms with Crippen molar-refractivity contribution in [2.45, 2.75) is 13.5 Å². The van der Waals surface area contributed by atoms with E-state index < -0.39 is 0 Å². The number of carbonyl (C=O) groups excluding carboxylic acids is 1. The number of anilines is 2. The predicted octanol–water partition coefficient (Wildman–Crippen LogP) is 5.43. The number of morpholine rings is 1. The van der Waals surface area contributed by atoms with Gasteiger partial charge in [0.05, 0.1) is 18.8 Å². The smallest absolute Gasteiger partial charge is 0.259 e. The van der Waals surface area contributed by atoms with E-state index in [1.165, 1.54) is 0 Å². The van der Waals surface area contributed by atoms with Crippen molar-refractivity contribution in [2.24, 2.45) is 0 Å². The largest absolute Gasteiger partial charge is 0.488 e. The molecule has 160 valence electrons. The highest BCUT2D eigenvalue weighted by molar-refractivity contribution is 9.10. The number of amides is 1. The van der Waals surface area contributed by atoms with Gasteiger partial charge in [-0.05, 0) is 48.9 Å². The lowest BCUT2D eigenvalue weighted by Crippen LogP contribution is -2.36. The van der Waals surface area contributed by atoms with E-state index in [-0.39, 0.29) is 5.91 Å². The second-order valence-corrected chi connectivity index (χ2v) is 8.28. The van der Waals surface area contributed by atoms with Crippen molar-refractivity contribution in [1.29, 1.82) is 0 Å². The third kappa shape index (κ3) is 5.27. The van der Waals surface area contributed by atoms with Gasteiger partial charge in [0.2, 0.25) is 0 Å². The van der Waals surface area contributed by atoms with Gasteiger partial charge >= 0.3 is 0 Å². The maximum Gasteiger partial charge on any atom is 0.259 e. The molecule has 6 heteroatoms. The Labute approximate surface area is 191 Å². The van der Waals surface area contributed by atoms with Crippen LogP contribution in [-0.4, -0.2) is 32.2 Å². The van der Waals surface area contributed by atoms with Gasteiger partial charge in [0.25, 0.3) is 5.91 Å². The number of aryl methyl sites for hydroxylation is 1. The molecule has 0 bridgehead atoms. The van der Waals surface area contributed by atoms with Crippen molar-refractivity contribution in [3.63, 3.8) is 0 Å². The molecule has 31 heavy (non-hydrogen) atoms. The number of halogens is 1. The van der Waals surface area contributed by atoms with Crippen LogP contribution in [0.5, 0.6) is 5.75 Å². The van der Waals surface area contributed by atoms with E-state index in [1.54, 1.807) is 6.07 Å². The molecule has 4 rings (SSSR count). The summed E-state index contributed by atoms with van der Waals surface area (Å²) in [5.41, 5.74) is 4.49. The van der Waals surface area contributed by atoms with Crippen LogP contribution in [-0.2, 0) is 11.3 Å². The Hall–Kier alpha value is -2.83. The van der Waals surface area contributed by atoms with E-state index in [4.69, 9.17) is 9.47 Å². The SMILES string of the molecule is Cc1cc(N2CCOCC2)ccc1NC(=O)c1ccccc1OCc1ccccc1Br. The quantitative estimate of drug-likeness (QED) is 0.511. The number of rotatable bonds is 6. The van der Waals surface area contributed by atoms with Gasteiger partial charge in [-0.2, -0.15) is 0 Å². The number of hydrogen-bond donors (Lipinski definition) is 1. The van der Waals surface area contributed by atoms with Crippen LogP contribution in [0.4, 0.5) is 11.4 Å². The molecule has 1 aliphatic heterocycles. The number of nitrogens with one attached hydrogen (secondary N) is 1. The molecule has 0 spiro atoms. The first kappa shape index (κ1) is 21.4. The van der Waals surface area contributed by atoms with Crippen LogP contribution in [0.2, 0.25) is 0 Å². The summed E-state index contributed by atoms with van der Waals surface area (Å²) in [7, 11) is 0. The molecule has 1 N–H and O–H groups in total. The first-order valence-corrected chi connectivity index (χ1v) is 11.1. The number of carbonyl (C=O) groups is 1. The van der Waals surface area contributed by atoms with E-state index >= 15 is 0 Å². The fourth-order valence-electron chi connectivity index (χ4n) is 3.55. The Morgan fingerprint density at radius 1 is 1.06 bits per heavy atom. The summed E-state index contributed by atoms with van der Waals surface area (Å²) < 4.78 is 12.4. The van der Waals surface area contributed by atoms with Gasteiger partial charge in [-0.15, -0.1) is 0 Å². The molecule has 0 aliphatic carbocycles. The van der Waals surface area contributed by atoms with E-state index in [0.29, 0.717) is 17.9 Å². The third-order valence-corrected chi connectivity index (χ3v) is 6.08. The molecule has 0 radical (unpaired) electrons. The van der Waals surface area contributed by atoms with Gasteiger partial charge in [-0.25, -0.2) is 0 Å². The molecule has 0 atom stereocenters. The van der Waals surface area contributed by atoms with Crippen LogP contribution in [0.1, 0.15) is 21.5 Å². The lowest BCUT2D eigenvalue weighted by Gasteiger charge is -2.29. The molecular weight excluding hydrogens is 456 g/mol. The van der Waals surface area contributed by atoms with Crippen LogP contribution in [0, 0.1) is 6.92 Å². The first-order chi connectivity index (χ1) is 15.1. The van der Waals surface area contributed by atoms with E-state index in [0.717, 1.165) is 53.3 Å². The summed E-state index contributed by atoms with van der Waals surface area (Å²) >= 11 is 3.53. The van der Waals surface area contributed by atoms with Crippen LogP contribution in [0.15, 0.2) is 71.2 Å². The lowest BCUT2D eigenvalue weighted by molar-refractivity contribution is 0.102. The van der Waals surface area contributed by atoms with Crippen molar-refractivity contribution in [3.05, 3.63) is 87.9 Å². The highest BCUT2D eigenvalue weighted by atomic mass is 79.9. The van der Waals surface area contributed by atoms with Gasteiger partial charge in [0.15, 0.2) is 0 Å². The Balaban J connectivity index is 1.47. The monoisotopic (exact) mass is 480 g/mol. The lowest BCUT2D eigenvalue weighted by atomic mass is 10.1. The fourth-order valence-corrected chi connectivity index (χ4v) is 3.95. The molecule has 1 saturated heterocycles. The maximum absolute atomic E-state index is 13.0. The third-order valence-electron chi connectivity index (χ3n) is 5.31. The van der Waals surface area contributed by atoms with Crippen molar-refractivity contribution in [3.8, 4) is 5.75 Å². The number of ether oxygens (including phenoxy) is 2. The Morgan fingerprint density at radius 3 is 2.58 bits per heavy atom. The summed E-state index contributed by atoms with van der Waals surface area (Å²) in [4.78, 5) is 15.3. The average Bonchev–Trinajstić information content (AvgIpc) is 2.80. The van der Waals surface area contributed by atoms with Gasteiger partial charge in [-0.3, -0.25) is 4.79 Å². The van der Waals surface area contributed by atoms with Crippen molar-refractivity contribution >= 4 is 33.2 Å². The number of hydrogen-bond acceptors (Lipinski definition) is 4. The summed E-state index contributed by atoms with van der Waals surface area (Å²) in [5, 5.41) is 3.04. The van der Waals surface area contributed by atoms with E-state index in [9.17, 15) is 4.79 Å². The van der Waals surface area contributed by atoms with Crippen LogP contribution in [0.3, 0.4) is 0 Å². The molecule has 0 saturated carbocycles. The first-order valence-electron chi connectivity index (χ1n) is 10.3. The molecule has 0 aromatic heterocycles. The van der Waals surface area contributed by atoms with E-state index in [2.05, 4.69) is 32.2 Å². The molecule has 3 aromatic rings. The summed E-state index contributed by atoms with van der Waals surface area (Å²) in [6.07, 6.45) is 0. The molecule has 1 amide bonds.